The minimum atomic E-state index is -0.669. The molecule has 0 aromatic rings. The van der Waals surface area contributed by atoms with E-state index in [0.717, 1.165) is 44.8 Å². The third-order valence-electron chi connectivity index (χ3n) is 4.98. The van der Waals surface area contributed by atoms with Gasteiger partial charge in [0.1, 0.15) is 5.54 Å². The van der Waals surface area contributed by atoms with Crippen LogP contribution in [0.1, 0.15) is 52.4 Å². The Morgan fingerprint density at radius 2 is 2.16 bits per heavy atom. The highest BCUT2D eigenvalue weighted by molar-refractivity contribution is 5.79. The molecule has 0 amide bonds. The van der Waals surface area contributed by atoms with E-state index in [1.807, 2.05) is 6.92 Å². The largest absolute Gasteiger partial charge is 0.480 e. The fourth-order valence-corrected chi connectivity index (χ4v) is 3.75. The van der Waals surface area contributed by atoms with Gasteiger partial charge >= 0.3 is 5.97 Å². The van der Waals surface area contributed by atoms with E-state index < -0.39 is 11.5 Å². The first-order valence-electron chi connectivity index (χ1n) is 7.80. The summed E-state index contributed by atoms with van der Waals surface area (Å²) in [5, 5.41) is 12.8. The molecule has 4 nitrogen and oxygen atoms in total. The summed E-state index contributed by atoms with van der Waals surface area (Å²) >= 11 is 0. The Balaban J connectivity index is 1.98. The Bertz CT molecular complexity index is 321. The van der Waals surface area contributed by atoms with Crippen molar-refractivity contribution in [2.75, 3.05) is 19.6 Å². The number of aliphatic carboxylic acids is 1. The van der Waals surface area contributed by atoms with Gasteiger partial charge < -0.3 is 15.3 Å². The van der Waals surface area contributed by atoms with Gasteiger partial charge in [-0.05, 0) is 64.1 Å². The molecular formula is C15H28N2O2. The van der Waals surface area contributed by atoms with E-state index in [1.165, 1.54) is 19.3 Å². The average Bonchev–Trinajstić information content (AvgIpc) is 2.68. The molecule has 2 aliphatic rings. The number of hydrogen-bond donors (Lipinski definition) is 2. The zero-order chi connectivity index (χ0) is 13.9. The molecular weight excluding hydrogens is 240 g/mol. The first-order chi connectivity index (χ1) is 9.07. The Morgan fingerprint density at radius 3 is 2.84 bits per heavy atom. The summed E-state index contributed by atoms with van der Waals surface area (Å²) in [6, 6.07) is 0.459. The van der Waals surface area contributed by atoms with Gasteiger partial charge in [0, 0.05) is 6.04 Å². The van der Waals surface area contributed by atoms with Crippen LogP contribution in [0.3, 0.4) is 0 Å². The Morgan fingerprint density at radius 1 is 1.37 bits per heavy atom. The zero-order valence-corrected chi connectivity index (χ0v) is 12.3. The molecule has 1 heterocycles. The van der Waals surface area contributed by atoms with E-state index in [4.69, 9.17) is 0 Å². The Hall–Kier alpha value is -0.610. The van der Waals surface area contributed by atoms with Crippen LogP contribution in [0.4, 0.5) is 0 Å². The molecule has 0 spiro atoms. The predicted octanol–water partition coefficient (Wildman–Crippen LogP) is 2.09. The van der Waals surface area contributed by atoms with Crippen LogP contribution in [0.5, 0.6) is 0 Å². The second-order valence-corrected chi connectivity index (χ2v) is 6.39. The normalized spacial score (nSPS) is 37.2. The van der Waals surface area contributed by atoms with Crippen LogP contribution in [0.25, 0.3) is 0 Å². The molecule has 0 aromatic heterocycles. The lowest BCUT2D eigenvalue weighted by Crippen LogP contribution is -2.51. The number of carbonyl (C=O) groups is 1. The molecule has 2 N–H and O–H groups in total. The molecule has 4 heteroatoms. The lowest BCUT2D eigenvalue weighted by molar-refractivity contribution is -0.144. The minimum Gasteiger partial charge on any atom is -0.480 e. The van der Waals surface area contributed by atoms with Gasteiger partial charge in [-0.1, -0.05) is 13.8 Å². The molecule has 3 unspecified atom stereocenters. The summed E-state index contributed by atoms with van der Waals surface area (Å²) < 4.78 is 0. The molecule has 1 aliphatic heterocycles. The maximum absolute atomic E-state index is 11.6. The van der Waals surface area contributed by atoms with Gasteiger partial charge in [0.25, 0.3) is 0 Å². The molecule has 0 aromatic carbocycles. The Labute approximate surface area is 116 Å². The van der Waals surface area contributed by atoms with Crippen LogP contribution in [0.15, 0.2) is 0 Å². The van der Waals surface area contributed by atoms with E-state index in [1.54, 1.807) is 0 Å². The number of carboxylic acid groups (broad SMARTS) is 1. The summed E-state index contributed by atoms with van der Waals surface area (Å²) in [5.74, 6) is 0.157. The van der Waals surface area contributed by atoms with Crippen molar-refractivity contribution in [1.29, 1.82) is 0 Å². The van der Waals surface area contributed by atoms with Crippen molar-refractivity contribution in [2.24, 2.45) is 5.92 Å². The number of nitrogens with one attached hydrogen (secondary N) is 1. The zero-order valence-electron chi connectivity index (χ0n) is 12.3. The second-order valence-electron chi connectivity index (χ2n) is 6.39. The van der Waals surface area contributed by atoms with Crippen LogP contribution in [0, 0.1) is 5.92 Å². The summed E-state index contributed by atoms with van der Waals surface area (Å²) in [5.41, 5.74) is -0.669. The van der Waals surface area contributed by atoms with Gasteiger partial charge in [0.15, 0.2) is 0 Å². The van der Waals surface area contributed by atoms with Crippen molar-refractivity contribution >= 4 is 5.97 Å². The predicted molar refractivity (Wildman–Crippen MR) is 76.3 cm³/mol. The molecule has 2 fully saturated rings. The molecule has 2 rings (SSSR count). The molecule has 3 atom stereocenters. The van der Waals surface area contributed by atoms with Gasteiger partial charge in [-0.2, -0.15) is 0 Å². The van der Waals surface area contributed by atoms with Crippen molar-refractivity contribution in [3.8, 4) is 0 Å². The van der Waals surface area contributed by atoms with E-state index in [9.17, 15) is 9.90 Å². The number of likely N-dealkylation sites (N-methyl/N-ethyl adjacent to an activating group) is 1. The minimum absolute atomic E-state index is 0.459. The van der Waals surface area contributed by atoms with Gasteiger partial charge in [-0.15, -0.1) is 0 Å². The summed E-state index contributed by atoms with van der Waals surface area (Å²) in [6.07, 6.45) is 6.41. The van der Waals surface area contributed by atoms with E-state index >= 15 is 0 Å². The van der Waals surface area contributed by atoms with Crippen molar-refractivity contribution < 1.29 is 9.90 Å². The van der Waals surface area contributed by atoms with Crippen LogP contribution < -0.4 is 5.32 Å². The topological polar surface area (TPSA) is 52.6 Å². The van der Waals surface area contributed by atoms with Crippen LogP contribution in [-0.4, -0.2) is 47.2 Å². The highest BCUT2D eigenvalue weighted by Gasteiger charge is 2.46. The number of carboxylic acids is 1. The van der Waals surface area contributed by atoms with Crippen molar-refractivity contribution in [2.45, 2.75) is 64.0 Å². The van der Waals surface area contributed by atoms with Crippen molar-refractivity contribution in [3.05, 3.63) is 0 Å². The second kappa shape index (κ2) is 6.23. The van der Waals surface area contributed by atoms with E-state index in [0.29, 0.717) is 6.04 Å². The number of rotatable bonds is 4. The SMILES string of the molecule is CCNC1(C(=O)O)CCC(N2CCCC(C)CC2)C1. The lowest BCUT2D eigenvalue weighted by Gasteiger charge is -2.30. The number of hydrogen-bond acceptors (Lipinski definition) is 3. The maximum Gasteiger partial charge on any atom is 0.323 e. The number of nitrogens with zero attached hydrogens (tertiary/aromatic N) is 1. The van der Waals surface area contributed by atoms with Gasteiger partial charge in [0.2, 0.25) is 0 Å². The lowest BCUT2D eigenvalue weighted by atomic mass is 9.97. The van der Waals surface area contributed by atoms with Crippen molar-refractivity contribution in [1.82, 2.24) is 10.2 Å². The fraction of sp³-hybridized carbons (Fsp3) is 0.933. The highest BCUT2D eigenvalue weighted by Crippen LogP contribution is 2.34. The maximum atomic E-state index is 11.6. The summed E-state index contributed by atoms with van der Waals surface area (Å²) in [7, 11) is 0. The van der Waals surface area contributed by atoms with Crippen LogP contribution >= 0.6 is 0 Å². The van der Waals surface area contributed by atoms with E-state index in [2.05, 4.69) is 17.1 Å². The molecule has 0 bridgehead atoms. The smallest absolute Gasteiger partial charge is 0.323 e. The monoisotopic (exact) mass is 268 g/mol. The van der Waals surface area contributed by atoms with Crippen LogP contribution in [-0.2, 0) is 4.79 Å². The first kappa shape index (κ1) is 14.8. The molecule has 110 valence electrons. The van der Waals surface area contributed by atoms with Gasteiger partial charge in [-0.3, -0.25) is 4.79 Å². The molecule has 1 saturated heterocycles. The highest BCUT2D eigenvalue weighted by atomic mass is 16.4. The van der Waals surface area contributed by atoms with Gasteiger partial charge in [0.05, 0.1) is 0 Å². The Kier molecular flexibility index (Phi) is 4.85. The van der Waals surface area contributed by atoms with Crippen LogP contribution in [0.2, 0.25) is 0 Å². The third-order valence-corrected chi connectivity index (χ3v) is 4.98. The molecule has 1 aliphatic carbocycles. The first-order valence-corrected chi connectivity index (χ1v) is 7.80. The van der Waals surface area contributed by atoms with Gasteiger partial charge in [-0.25, -0.2) is 0 Å². The third kappa shape index (κ3) is 3.29. The molecule has 0 radical (unpaired) electrons. The average molecular weight is 268 g/mol. The molecule has 19 heavy (non-hydrogen) atoms. The fourth-order valence-electron chi connectivity index (χ4n) is 3.75. The quantitative estimate of drug-likeness (QED) is 0.820. The van der Waals surface area contributed by atoms with Crippen molar-refractivity contribution in [3.63, 3.8) is 0 Å². The van der Waals surface area contributed by atoms with E-state index in [-0.39, 0.29) is 0 Å². The molecule has 1 saturated carbocycles. The number of likely N-dealkylation sites (tertiary alicyclic amines) is 1. The standard InChI is InChI=1S/C15H28N2O2/c1-3-16-15(14(18)19)8-6-13(11-15)17-9-4-5-12(2)7-10-17/h12-13,16H,3-11H2,1-2H3,(H,18,19). The summed E-state index contributed by atoms with van der Waals surface area (Å²) in [6.45, 7) is 7.35. The summed E-state index contributed by atoms with van der Waals surface area (Å²) in [4.78, 5) is 14.1.